The Bertz CT molecular complexity index is 1070. The van der Waals surface area contributed by atoms with Crippen molar-refractivity contribution in [1.82, 2.24) is 3.97 Å². The molecule has 0 unspecified atom stereocenters. The summed E-state index contributed by atoms with van der Waals surface area (Å²) in [6.45, 7) is 1.77. The fraction of sp³-hybridized carbons (Fsp3) is 0.125. The van der Waals surface area contributed by atoms with Gasteiger partial charge in [-0.3, -0.25) is 0 Å². The molecule has 1 heterocycles. The van der Waals surface area contributed by atoms with E-state index in [1.54, 1.807) is 19.1 Å². The highest BCUT2D eigenvalue weighted by atomic mass is 32.2. The van der Waals surface area contributed by atoms with E-state index in [9.17, 15) is 31.6 Å². The zero-order chi connectivity index (χ0) is 19.3. The molecule has 0 aliphatic heterocycles. The molecule has 0 bridgehead atoms. The van der Waals surface area contributed by atoms with Gasteiger partial charge < -0.3 is 10.0 Å². The lowest BCUT2D eigenvalue weighted by Gasteiger charge is -2.12. The van der Waals surface area contributed by atoms with Crippen molar-refractivity contribution in [2.24, 2.45) is 0 Å². The highest BCUT2D eigenvalue weighted by Crippen LogP contribution is 2.32. The maximum atomic E-state index is 12.9. The number of rotatable bonds is 3. The minimum Gasteiger partial charge on any atom is -0.422 e. The maximum Gasteiger partial charge on any atom is 0.507 e. The number of hydrogen-bond donors (Lipinski definition) is 2. The van der Waals surface area contributed by atoms with Gasteiger partial charge in [-0.05, 0) is 43.3 Å². The van der Waals surface area contributed by atoms with Gasteiger partial charge in [0.25, 0.3) is 10.0 Å². The van der Waals surface area contributed by atoms with Crippen molar-refractivity contribution in [3.8, 4) is 0 Å². The van der Waals surface area contributed by atoms with E-state index in [0.29, 0.717) is 3.97 Å². The molecule has 10 heteroatoms. The van der Waals surface area contributed by atoms with Crippen LogP contribution in [0.3, 0.4) is 0 Å². The molecule has 136 valence electrons. The molecule has 0 aliphatic carbocycles. The first-order valence-electron chi connectivity index (χ1n) is 7.43. The maximum absolute atomic E-state index is 12.9. The molecule has 3 aromatic rings. The molecular weight excluding hydrogens is 370 g/mol. The van der Waals surface area contributed by atoms with Gasteiger partial charge in [0.05, 0.1) is 21.6 Å². The normalized spacial score (nSPS) is 12.5. The number of fused-ring (bicyclic) bond motifs is 1. The summed E-state index contributed by atoms with van der Waals surface area (Å²) in [4.78, 5) is -0.123. The third kappa shape index (κ3) is 3.11. The molecule has 0 spiro atoms. The lowest BCUT2D eigenvalue weighted by atomic mass is 9.86. The van der Waals surface area contributed by atoms with Crippen molar-refractivity contribution in [1.29, 1.82) is 0 Å². The van der Waals surface area contributed by atoms with Gasteiger partial charge in [0, 0.05) is 5.39 Å². The van der Waals surface area contributed by atoms with Gasteiger partial charge in [-0.15, -0.1) is 0 Å². The van der Waals surface area contributed by atoms with E-state index >= 15 is 0 Å². The van der Waals surface area contributed by atoms with Gasteiger partial charge in [-0.2, -0.15) is 13.2 Å². The number of aryl methyl sites for hydroxylation is 1. The molecule has 0 saturated carbocycles. The SMILES string of the molecule is Cc1ccc(S(=O)(=O)n2c(B(O)O)cc3cc(C(F)(F)F)ccc32)cc1. The van der Waals surface area contributed by atoms with Gasteiger partial charge in [-0.25, -0.2) is 12.4 Å². The van der Waals surface area contributed by atoms with E-state index in [1.807, 2.05) is 0 Å². The van der Waals surface area contributed by atoms with Crippen LogP contribution >= 0.6 is 0 Å². The van der Waals surface area contributed by atoms with Crippen molar-refractivity contribution in [2.45, 2.75) is 18.0 Å². The number of hydrogen-bond acceptors (Lipinski definition) is 4. The third-order valence-electron chi connectivity index (χ3n) is 3.94. The first-order valence-corrected chi connectivity index (χ1v) is 8.87. The average molecular weight is 383 g/mol. The van der Waals surface area contributed by atoms with Crippen LogP contribution in [-0.4, -0.2) is 29.6 Å². The fourth-order valence-corrected chi connectivity index (χ4v) is 4.19. The lowest BCUT2D eigenvalue weighted by Crippen LogP contribution is -2.38. The molecular formula is C16H13BF3NO4S. The predicted molar refractivity (Wildman–Crippen MR) is 90.5 cm³/mol. The number of halogens is 3. The number of benzene rings is 2. The standard InChI is InChI=1S/C16H13BF3NO4S/c1-10-2-5-13(6-3-10)26(24,25)21-14-7-4-12(16(18,19)20)8-11(14)9-15(21)17(22)23/h2-9,22-23H,1H3. The zero-order valence-electron chi connectivity index (χ0n) is 13.4. The molecule has 1 aromatic heterocycles. The van der Waals surface area contributed by atoms with Gasteiger partial charge in [0.15, 0.2) is 0 Å². The Morgan fingerprint density at radius 3 is 2.15 bits per heavy atom. The Labute approximate surface area is 147 Å². The Kier molecular flexibility index (Phi) is 4.37. The van der Waals surface area contributed by atoms with Crippen LogP contribution in [0, 0.1) is 6.92 Å². The van der Waals surface area contributed by atoms with Crippen molar-refractivity contribution in [3.05, 3.63) is 59.7 Å². The number of aromatic nitrogens is 1. The molecule has 2 aromatic carbocycles. The Hall–Kier alpha value is -2.30. The van der Waals surface area contributed by atoms with E-state index in [-0.39, 0.29) is 15.8 Å². The Balaban J connectivity index is 2.30. The number of alkyl halides is 3. The summed E-state index contributed by atoms with van der Waals surface area (Å²) in [5.74, 6) is 0. The zero-order valence-corrected chi connectivity index (χ0v) is 14.2. The van der Waals surface area contributed by atoms with E-state index in [0.717, 1.165) is 29.8 Å². The summed E-state index contributed by atoms with van der Waals surface area (Å²) in [6.07, 6.45) is -4.61. The minimum absolute atomic E-state index is 0.0707. The first-order chi connectivity index (χ1) is 12.0. The quantitative estimate of drug-likeness (QED) is 0.677. The van der Waals surface area contributed by atoms with E-state index in [4.69, 9.17) is 0 Å². The molecule has 0 aliphatic rings. The van der Waals surface area contributed by atoms with Gasteiger partial charge in [-0.1, -0.05) is 17.7 Å². The molecule has 26 heavy (non-hydrogen) atoms. The molecule has 0 radical (unpaired) electrons. The lowest BCUT2D eigenvalue weighted by molar-refractivity contribution is -0.137. The average Bonchev–Trinajstić information content (AvgIpc) is 2.94. The van der Waals surface area contributed by atoms with Crippen molar-refractivity contribution >= 4 is 33.6 Å². The van der Waals surface area contributed by atoms with Crippen LogP contribution in [0.2, 0.25) is 0 Å². The van der Waals surface area contributed by atoms with E-state index in [2.05, 4.69) is 0 Å². The molecule has 0 amide bonds. The van der Waals surface area contributed by atoms with Crippen LogP contribution in [0.4, 0.5) is 13.2 Å². The highest BCUT2D eigenvalue weighted by molar-refractivity contribution is 7.90. The molecule has 2 N–H and O–H groups in total. The minimum atomic E-state index is -4.61. The van der Waals surface area contributed by atoms with E-state index in [1.165, 1.54) is 12.1 Å². The van der Waals surface area contributed by atoms with Crippen LogP contribution < -0.4 is 5.59 Å². The summed E-state index contributed by atoms with van der Waals surface area (Å²) < 4.78 is 65.2. The van der Waals surface area contributed by atoms with Crippen LogP contribution in [-0.2, 0) is 16.2 Å². The molecule has 0 atom stereocenters. The summed E-state index contributed by atoms with van der Waals surface area (Å²) in [5, 5.41) is 19.0. The highest BCUT2D eigenvalue weighted by Gasteiger charge is 2.33. The van der Waals surface area contributed by atoms with E-state index < -0.39 is 34.5 Å². The van der Waals surface area contributed by atoms with Crippen molar-refractivity contribution in [2.75, 3.05) is 0 Å². The second-order valence-electron chi connectivity index (χ2n) is 5.80. The van der Waals surface area contributed by atoms with Crippen LogP contribution in [0.25, 0.3) is 10.9 Å². The topological polar surface area (TPSA) is 79.5 Å². The van der Waals surface area contributed by atoms with Gasteiger partial charge in [0.1, 0.15) is 0 Å². The third-order valence-corrected chi connectivity index (χ3v) is 5.69. The second kappa shape index (κ2) is 6.15. The largest absolute Gasteiger partial charge is 0.507 e. The molecule has 3 rings (SSSR count). The Morgan fingerprint density at radius 1 is 1.00 bits per heavy atom. The molecule has 0 fully saturated rings. The van der Waals surface area contributed by atoms with Crippen molar-refractivity contribution < 1.29 is 31.6 Å². The van der Waals surface area contributed by atoms with Crippen LogP contribution in [0.15, 0.2) is 53.4 Å². The van der Waals surface area contributed by atoms with Gasteiger partial charge >= 0.3 is 13.3 Å². The number of nitrogens with zero attached hydrogens (tertiary/aromatic N) is 1. The van der Waals surface area contributed by atoms with Crippen molar-refractivity contribution in [3.63, 3.8) is 0 Å². The predicted octanol–water partition coefficient (Wildman–Crippen LogP) is 1.89. The molecule has 0 saturated heterocycles. The van der Waals surface area contributed by atoms with Gasteiger partial charge in [0.2, 0.25) is 0 Å². The molecule has 5 nitrogen and oxygen atoms in total. The second-order valence-corrected chi connectivity index (χ2v) is 7.58. The summed E-state index contributed by atoms with van der Waals surface area (Å²) in [7, 11) is -6.43. The summed E-state index contributed by atoms with van der Waals surface area (Å²) in [5.41, 5.74) is -0.672. The summed E-state index contributed by atoms with van der Waals surface area (Å²) in [6, 6.07) is 9.34. The Morgan fingerprint density at radius 2 is 1.62 bits per heavy atom. The fourth-order valence-electron chi connectivity index (χ4n) is 2.65. The van der Waals surface area contributed by atoms with Crippen LogP contribution in [0.5, 0.6) is 0 Å². The van der Waals surface area contributed by atoms with Crippen LogP contribution in [0.1, 0.15) is 11.1 Å². The monoisotopic (exact) mass is 383 g/mol. The summed E-state index contributed by atoms with van der Waals surface area (Å²) >= 11 is 0. The smallest absolute Gasteiger partial charge is 0.422 e. The first kappa shape index (κ1) is 18.5.